The van der Waals surface area contributed by atoms with Crippen LogP contribution in [0.3, 0.4) is 0 Å². The van der Waals surface area contributed by atoms with Gasteiger partial charge in [0.1, 0.15) is 22.8 Å². The summed E-state index contributed by atoms with van der Waals surface area (Å²) in [6.07, 6.45) is 0. The Morgan fingerprint density at radius 2 is 1.71 bits per heavy atom. The largest absolute Gasteiger partial charge is 0.505 e. The Bertz CT molecular complexity index is 1150. The molecule has 0 fully saturated rings. The number of aliphatic carboxylic acids is 1. The third kappa shape index (κ3) is 3.42. The standard InChI is InChI=1S/C17H12Cl3N3O5/c18-11-12(19)15(20)23-13(11)14(26)10(16(27)21-6-9(24)25)17(28)22(23)7-8-4-2-1-3-5-8/h1-5,26H,6-7H2,(H,21,27)(H,24,25). The maximum Gasteiger partial charge on any atom is 0.322 e. The molecular formula is C17H12Cl3N3O5. The Morgan fingerprint density at radius 1 is 1.07 bits per heavy atom. The Labute approximate surface area is 172 Å². The molecule has 0 spiro atoms. The van der Waals surface area contributed by atoms with Gasteiger partial charge in [0.25, 0.3) is 11.5 Å². The molecular weight excluding hydrogens is 433 g/mol. The summed E-state index contributed by atoms with van der Waals surface area (Å²) in [7, 11) is 0. The molecule has 3 rings (SSSR count). The molecule has 8 nitrogen and oxygen atoms in total. The third-order valence-corrected chi connectivity index (χ3v) is 5.21. The smallest absolute Gasteiger partial charge is 0.322 e. The van der Waals surface area contributed by atoms with Crippen LogP contribution in [0.25, 0.3) is 5.52 Å². The highest BCUT2D eigenvalue weighted by Gasteiger charge is 2.28. The van der Waals surface area contributed by atoms with Crippen LogP contribution < -0.4 is 10.9 Å². The lowest BCUT2D eigenvalue weighted by Gasteiger charge is -2.15. The number of nitrogens with zero attached hydrogens (tertiary/aromatic N) is 2. The van der Waals surface area contributed by atoms with Crippen LogP contribution >= 0.6 is 34.8 Å². The molecule has 0 unspecified atom stereocenters. The lowest BCUT2D eigenvalue weighted by Crippen LogP contribution is -2.37. The summed E-state index contributed by atoms with van der Waals surface area (Å²) >= 11 is 18.4. The van der Waals surface area contributed by atoms with E-state index in [1.807, 2.05) is 5.32 Å². The highest BCUT2D eigenvalue weighted by Crippen LogP contribution is 2.40. The molecule has 146 valence electrons. The van der Waals surface area contributed by atoms with E-state index in [2.05, 4.69) is 0 Å². The van der Waals surface area contributed by atoms with Gasteiger partial charge in [-0.3, -0.25) is 14.4 Å². The van der Waals surface area contributed by atoms with Crippen LogP contribution in [0.1, 0.15) is 15.9 Å². The monoisotopic (exact) mass is 443 g/mol. The van der Waals surface area contributed by atoms with Crippen molar-refractivity contribution in [3.8, 4) is 5.75 Å². The van der Waals surface area contributed by atoms with Gasteiger partial charge >= 0.3 is 5.97 Å². The van der Waals surface area contributed by atoms with Gasteiger partial charge in [-0.15, -0.1) is 0 Å². The number of fused-ring (bicyclic) bond motifs is 1. The van der Waals surface area contributed by atoms with Crippen molar-refractivity contribution in [1.82, 2.24) is 14.5 Å². The summed E-state index contributed by atoms with van der Waals surface area (Å²) in [5.41, 5.74) is -1.02. The molecule has 3 N–H and O–H groups in total. The van der Waals surface area contributed by atoms with Crippen LogP contribution in [-0.4, -0.2) is 37.8 Å². The zero-order valence-corrected chi connectivity index (χ0v) is 16.2. The summed E-state index contributed by atoms with van der Waals surface area (Å²) in [5, 5.41) is 20.9. The first-order valence-corrected chi connectivity index (χ1v) is 8.92. The fourth-order valence-electron chi connectivity index (χ4n) is 2.70. The molecule has 2 aromatic heterocycles. The van der Waals surface area contributed by atoms with Gasteiger partial charge in [-0.05, 0) is 5.56 Å². The van der Waals surface area contributed by atoms with Crippen LogP contribution in [0.15, 0.2) is 35.1 Å². The van der Waals surface area contributed by atoms with Gasteiger partial charge in [0.05, 0.1) is 16.6 Å². The molecule has 0 saturated carbocycles. The number of carboxylic acids is 1. The minimum absolute atomic E-state index is 0.0171. The normalized spacial score (nSPS) is 11.0. The summed E-state index contributed by atoms with van der Waals surface area (Å²) < 4.78 is 2.20. The topological polar surface area (TPSA) is 113 Å². The molecule has 0 radical (unpaired) electrons. The van der Waals surface area contributed by atoms with E-state index in [1.54, 1.807) is 30.3 Å². The average molecular weight is 445 g/mol. The zero-order valence-electron chi connectivity index (χ0n) is 13.9. The van der Waals surface area contributed by atoms with Crippen molar-refractivity contribution < 1.29 is 19.8 Å². The second kappa shape index (κ2) is 7.75. The summed E-state index contributed by atoms with van der Waals surface area (Å²) in [6, 6.07) is 8.80. The molecule has 0 aliphatic rings. The number of hydrogen-bond acceptors (Lipinski definition) is 4. The van der Waals surface area contributed by atoms with E-state index in [4.69, 9.17) is 39.9 Å². The van der Waals surface area contributed by atoms with Crippen LogP contribution in [0.5, 0.6) is 5.75 Å². The van der Waals surface area contributed by atoms with E-state index in [9.17, 15) is 19.5 Å². The van der Waals surface area contributed by atoms with Crippen molar-refractivity contribution in [2.24, 2.45) is 0 Å². The van der Waals surface area contributed by atoms with Crippen LogP contribution in [0.2, 0.25) is 15.2 Å². The summed E-state index contributed by atoms with van der Waals surface area (Å²) in [6.45, 7) is -0.755. The highest BCUT2D eigenvalue weighted by molar-refractivity contribution is 6.50. The number of carbonyl (C=O) groups excluding carboxylic acids is 1. The third-order valence-electron chi connectivity index (χ3n) is 3.93. The minimum atomic E-state index is -1.31. The van der Waals surface area contributed by atoms with Crippen LogP contribution in [0, 0.1) is 0 Å². The molecule has 3 aromatic rings. The number of halogens is 3. The highest BCUT2D eigenvalue weighted by atomic mass is 35.5. The number of rotatable bonds is 5. The lowest BCUT2D eigenvalue weighted by atomic mass is 10.2. The fourth-order valence-corrected chi connectivity index (χ4v) is 3.44. The molecule has 0 bridgehead atoms. The van der Waals surface area contributed by atoms with E-state index in [0.29, 0.717) is 5.56 Å². The molecule has 0 aliphatic heterocycles. The number of hydrogen-bond donors (Lipinski definition) is 3. The van der Waals surface area contributed by atoms with Crippen molar-refractivity contribution in [3.05, 3.63) is 67.0 Å². The number of carboxylic acid groups (broad SMARTS) is 1. The van der Waals surface area contributed by atoms with Crippen molar-refractivity contribution in [2.45, 2.75) is 6.54 Å². The van der Waals surface area contributed by atoms with Crippen molar-refractivity contribution in [1.29, 1.82) is 0 Å². The van der Waals surface area contributed by atoms with Gasteiger partial charge in [-0.1, -0.05) is 65.1 Å². The van der Waals surface area contributed by atoms with Gasteiger partial charge in [-0.25, -0.2) is 9.20 Å². The molecule has 0 aliphatic carbocycles. The Kier molecular flexibility index (Phi) is 5.55. The fraction of sp³-hybridized carbons (Fsp3) is 0.118. The molecule has 0 atom stereocenters. The second-order valence-electron chi connectivity index (χ2n) is 5.73. The van der Waals surface area contributed by atoms with Crippen LogP contribution in [0.4, 0.5) is 0 Å². The Balaban J connectivity index is 2.30. The Hall–Kier alpha value is -2.68. The van der Waals surface area contributed by atoms with E-state index in [-0.39, 0.29) is 27.3 Å². The van der Waals surface area contributed by atoms with Crippen molar-refractivity contribution >= 4 is 52.2 Å². The number of nitrogens with one attached hydrogen (secondary N) is 1. The molecule has 28 heavy (non-hydrogen) atoms. The molecule has 1 aromatic carbocycles. The van der Waals surface area contributed by atoms with Crippen LogP contribution in [-0.2, 0) is 11.3 Å². The van der Waals surface area contributed by atoms with Gasteiger partial charge in [0.2, 0.25) is 0 Å². The molecule has 11 heteroatoms. The predicted octanol–water partition coefficient (Wildman–Crippen LogP) is 2.63. The average Bonchev–Trinajstić information content (AvgIpc) is 2.89. The SMILES string of the molecule is O=C(O)CNC(=O)c1c(O)c2c(Cl)c(Cl)c(Cl)n2n(Cc2ccccc2)c1=O. The number of aromatic nitrogens is 2. The van der Waals surface area contributed by atoms with Gasteiger partial charge in [0, 0.05) is 0 Å². The number of carbonyl (C=O) groups is 2. The molecule has 0 saturated heterocycles. The first-order valence-electron chi connectivity index (χ1n) is 7.78. The van der Waals surface area contributed by atoms with E-state index in [0.717, 1.165) is 9.20 Å². The minimum Gasteiger partial charge on any atom is -0.505 e. The van der Waals surface area contributed by atoms with Crippen molar-refractivity contribution in [2.75, 3.05) is 6.54 Å². The number of aromatic hydroxyl groups is 1. The maximum absolute atomic E-state index is 13.0. The van der Waals surface area contributed by atoms with Gasteiger partial charge in [-0.2, -0.15) is 0 Å². The predicted molar refractivity (Wildman–Crippen MR) is 104 cm³/mol. The summed E-state index contributed by atoms with van der Waals surface area (Å²) in [5.74, 6) is -3.14. The quantitative estimate of drug-likeness (QED) is 0.560. The first-order chi connectivity index (χ1) is 13.2. The summed E-state index contributed by atoms with van der Waals surface area (Å²) in [4.78, 5) is 36.1. The zero-order chi connectivity index (χ0) is 20.6. The van der Waals surface area contributed by atoms with E-state index in [1.165, 1.54) is 0 Å². The Morgan fingerprint density at radius 3 is 2.32 bits per heavy atom. The van der Waals surface area contributed by atoms with E-state index >= 15 is 0 Å². The number of amides is 1. The lowest BCUT2D eigenvalue weighted by molar-refractivity contribution is -0.135. The van der Waals surface area contributed by atoms with Crippen molar-refractivity contribution in [3.63, 3.8) is 0 Å². The van der Waals surface area contributed by atoms with Gasteiger partial charge < -0.3 is 15.5 Å². The van der Waals surface area contributed by atoms with Gasteiger partial charge in [0.15, 0.2) is 5.75 Å². The first kappa shape index (κ1) is 20.1. The molecule has 2 heterocycles. The maximum atomic E-state index is 13.0. The second-order valence-corrected chi connectivity index (χ2v) is 6.84. The number of benzene rings is 1. The van der Waals surface area contributed by atoms with E-state index < -0.39 is 35.3 Å². The molecule has 1 amide bonds.